The minimum Gasteiger partial charge on any atom is -0.376 e. The fourth-order valence-corrected chi connectivity index (χ4v) is 4.05. The first-order valence-corrected chi connectivity index (χ1v) is 10.1. The third-order valence-electron chi connectivity index (χ3n) is 4.62. The van der Waals surface area contributed by atoms with Gasteiger partial charge in [-0.15, -0.1) is 0 Å². The second-order valence-electron chi connectivity index (χ2n) is 7.29. The number of ether oxygens (including phenoxy) is 1. The van der Waals surface area contributed by atoms with Crippen LogP contribution >= 0.6 is 0 Å². The van der Waals surface area contributed by atoms with Crippen molar-refractivity contribution in [1.29, 1.82) is 0 Å². The molecule has 7 nitrogen and oxygen atoms in total. The molecule has 0 saturated carbocycles. The molecule has 1 atom stereocenters. The van der Waals surface area contributed by atoms with Crippen molar-refractivity contribution in [2.75, 3.05) is 12.9 Å². The van der Waals surface area contributed by atoms with Crippen LogP contribution < -0.4 is 11.2 Å². The number of aromatic nitrogens is 2. The second kappa shape index (κ2) is 6.10. The van der Waals surface area contributed by atoms with Gasteiger partial charge in [-0.3, -0.25) is 9.36 Å². The van der Waals surface area contributed by atoms with E-state index in [-0.39, 0.29) is 21.9 Å². The molecule has 1 aromatic carbocycles. The van der Waals surface area contributed by atoms with Gasteiger partial charge >= 0.3 is 5.69 Å². The van der Waals surface area contributed by atoms with Crippen molar-refractivity contribution in [2.45, 2.75) is 43.7 Å². The summed E-state index contributed by atoms with van der Waals surface area (Å²) in [6.45, 7) is 4.93. The Labute approximate surface area is 145 Å². The Bertz CT molecular complexity index is 1030. The standard InChI is InChI=1S/C17H22N2O5S/c1-17(2)9-11(6-7-24-17)10-19-15(20)13-5-4-12(25(3,22)23)8-14(13)18-16(19)21/h4-5,8,11H,6-7,9-10H2,1-3H3,(H,18,21). The van der Waals surface area contributed by atoms with E-state index in [2.05, 4.69) is 4.98 Å². The highest BCUT2D eigenvalue weighted by Crippen LogP contribution is 2.29. The molecular formula is C17H22N2O5S. The van der Waals surface area contributed by atoms with Gasteiger partial charge in [-0.05, 0) is 50.8 Å². The lowest BCUT2D eigenvalue weighted by atomic mass is 9.88. The molecule has 2 heterocycles. The largest absolute Gasteiger partial charge is 0.376 e. The summed E-state index contributed by atoms with van der Waals surface area (Å²) in [6, 6.07) is 4.17. The van der Waals surface area contributed by atoms with Crippen molar-refractivity contribution in [2.24, 2.45) is 5.92 Å². The average Bonchev–Trinajstić information content (AvgIpc) is 2.49. The molecule has 1 saturated heterocycles. The van der Waals surface area contributed by atoms with Crippen LogP contribution in [0.2, 0.25) is 0 Å². The summed E-state index contributed by atoms with van der Waals surface area (Å²) in [4.78, 5) is 27.8. The quantitative estimate of drug-likeness (QED) is 0.883. The number of nitrogens with one attached hydrogen (secondary N) is 1. The molecule has 1 fully saturated rings. The van der Waals surface area contributed by atoms with E-state index < -0.39 is 21.1 Å². The molecule has 0 bridgehead atoms. The Kier molecular flexibility index (Phi) is 4.36. The maximum Gasteiger partial charge on any atom is 0.328 e. The zero-order valence-electron chi connectivity index (χ0n) is 14.5. The molecule has 1 aliphatic rings. The first kappa shape index (κ1) is 17.9. The lowest BCUT2D eigenvalue weighted by Crippen LogP contribution is -2.41. The van der Waals surface area contributed by atoms with Gasteiger partial charge in [-0.2, -0.15) is 0 Å². The van der Waals surface area contributed by atoms with Crippen molar-refractivity contribution in [1.82, 2.24) is 9.55 Å². The molecule has 0 spiro atoms. The molecular weight excluding hydrogens is 344 g/mol. The summed E-state index contributed by atoms with van der Waals surface area (Å²) >= 11 is 0. The Morgan fingerprint density at radius 3 is 2.68 bits per heavy atom. The van der Waals surface area contributed by atoms with E-state index in [1.807, 2.05) is 13.8 Å². The zero-order valence-corrected chi connectivity index (χ0v) is 15.4. The van der Waals surface area contributed by atoms with Gasteiger partial charge in [0.25, 0.3) is 5.56 Å². The number of aromatic amines is 1. The molecule has 1 aromatic heterocycles. The van der Waals surface area contributed by atoms with Crippen LogP contribution in [0.5, 0.6) is 0 Å². The Balaban J connectivity index is 2.03. The van der Waals surface area contributed by atoms with Crippen LogP contribution in [0.3, 0.4) is 0 Å². The summed E-state index contributed by atoms with van der Waals surface area (Å²) in [5, 5.41) is 0.304. The van der Waals surface area contributed by atoms with Gasteiger partial charge in [0.05, 0.1) is 21.4 Å². The smallest absolute Gasteiger partial charge is 0.328 e. The lowest BCUT2D eigenvalue weighted by molar-refractivity contribution is -0.0750. The van der Waals surface area contributed by atoms with Crippen molar-refractivity contribution in [3.05, 3.63) is 39.0 Å². The SMILES string of the molecule is CC1(C)CC(Cn2c(=O)[nH]c3cc(S(C)(=O)=O)ccc3c2=O)CCO1. The van der Waals surface area contributed by atoms with Gasteiger partial charge in [0.1, 0.15) is 0 Å². The van der Waals surface area contributed by atoms with Crippen molar-refractivity contribution < 1.29 is 13.2 Å². The van der Waals surface area contributed by atoms with E-state index in [1.54, 1.807) is 0 Å². The number of benzene rings is 1. The van der Waals surface area contributed by atoms with Crippen LogP contribution in [0.1, 0.15) is 26.7 Å². The van der Waals surface area contributed by atoms with Crippen LogP contribution in [-0.4, -0.2) is 36.4 Å². The van der Waals surface area contributed by atoms with Crippen LogP contribution in [-0.2, 0) is 21.1 Å². The van der Waals surface area contributed by atoms with Crippen LogP contribution in [0, 0.1) is 5.92 Å². The summed E-state index contributed by atoms with van der Waals surface area (Å²) in [6.07, 6.45) is 2.64. The molecule has 0 amide bonds. The first-order valence-electron chi connectivity index (χ1n) is 8.18. The molecule has 0 aliphatic carbocycles. The van der Waals surface area contributed by atoms with E-state index in [0.29, 0.717) is 18.5 Å². The summed E-state index contributed by atoms with van der Waals surface area (Å²) in [5.74, 6) is 0.176. The molecule has 1 N–H and O–H groups in total. The predicted octanol–water partition coefficient (Wildman–Crippen LogP) is 1.30. The summed E-state index contributed by atoms with van der Waals surface area (Å²) in [5.41, 5.74) is -0.947. The van der Waals surface area contributed by atoms with Gasteiger partial charge in [-0.1, -0.05) is 0 Å². The highest BCUT2D eigenvalue weighted by Gasteiger charge is 2.29. The maximum atomic E-state index is 12.7. The Morgan fingerprint density at radius 2 is 2.04 bits per heavy atom. The second-order valence-corrected chi connectivity index (χ2v) is 9.31. The molecule has 1 unspecified atom stereocenters. The van der Waals surface area contributed by atoms with Gasteiger partial charge in [-0.25, -0.2) is 13.2 Å². The first-order chi connectivity index (χ1) is 11.6. The lowest BCUT2D eigenvalue weighted by Gasteiger charge is -2.35. The average molecular weight is 366 g/mol. The molecule has 2 aromatic rings. The predicted molar refractivity (Wildman–Crippen MR) is 94.7 cm³/mol. The fourth-order valence-electron chi connectivity index (χ4n) is 3.40. The number of H-pyrrole nitrogens is 1. The number of hydrogen-bond acceptors (Lipinski definition) is 5. The zero-order chi connectivity index (χ0) is 18.4. The molecule has 8 heteroatoms. The van der Waals surface area contributed by atoms with Gasteiger partial charge in [0, 0.05) is 19.4 Å². The Morgan fingerprint density at radius 1 is 1.32 bits per heavy atom. The fraction of sp³-hybridized carbons (Fsp3) is 0.529. The number of rotatable bonds is 3. The molecule has 0 radical (unpaired) electrons. The summed E-state index contributed by atoms with van der Waals surface area (Å²) in [7, 11) is -3.41. The van der Waals surface area contributed by atoms with Gasteiger partial charge in [0.2, 0.25) is 0 Å². The highest BCUT2D eigenvalue weighted by molar-refractivity contribution is 7.90. The van der Waals surface area contributed by atoms with Crippen LogP contribution in [0.25, 0.3) is 10.9 Å². The number of fused-ring (bicyclic) bond motifs is 1. The van der Waals surface area contributed by atoms with Gasteiger partial charge < -0.3 is 9.72 Å². The number of nitrogens with zero attached hydrogens (tertiary/aromatic N) is 1. The summed E-state index contributed by atoms with van der Waals surface area (Å²) < 4.78 is 30.2. The minimum atomic E-state index is -3.41. The van der Waals surface area contributed by atoms with Crippen molar-refractivity contribution in [3.63, 3.8) is 0 Å². The van der Waals surface area contributed by atoms with Crippen molar-refractivity contribution >= 4 is 20.7 Å². The maximum absolute atomic E-state index is 12.7. The van der Waals surface area contributed by atoms with E-state index in [4.69, 9.17) is 4.74 Å². The van der Waals surface area contributed by atoms with E-state index in [1.165, 1.54) is 22.8 Å². The van der Waals surface area contributed by atoms with Crippen LogP contribution in [0.4, 0.5) is 0 Å². The molecule has 136 valence electrons. The van der Waals surface area contributed by atoms with E-state index >= 15 is 0 Å². The van der Waals surface area contributed by atoms with E-state index in [9.17, 15) is 18.0 Å². The third kappa shape index (κ3) is 3.69. The number of sulfone groups is 1. The van der Waals surface area contributed by atoms with Gasteiger partial charge in [0.15, 0.2) is 9.84 Å². The molecule has 1 aliphatic heterocycles. The van der Waals surface area contributed by atoms with Crippen molar-refractivity contribution in [3.8, 4) is 0 Å². The highest BCUT2D eigenvalue weighted by atomic mass is 32.2. The third-order valence-corrected chi connectivity index (χ3v) is 5.73. The Hall–Kier alpha value is -1.93. The van der Waals surface area contributed by atoms with E-state index in [0.717, 1.165) is 19.1 Å². The van der Waals surface area contributed by atoms with Crippen LogP contribution in [0.15, 0.2) is 32.7 Å². The normalized spacial score (nSPS) is 20.7. The molecule has 3 rings (SSSR count). The minimum absolute atomic E-state index is 0.0685. The topological polar surface area (TPSA) is 98.2 Å². The molecule has 25 heavy (non-hydrogen) atoms. The number of hydrogen-bond donors (Lipinski definition) is 1. The monoisotopic (exact) mass is 366 g/mol.